The molecule has 1 aliphatic heterocycles. The summed E-state index contributed by atoms with van der Waals surface area (Å²) in [5, 5.41) is 0. The van der Waals surface area contributed by atoms with Crippen molar-refractivity contribution in [3.05, 3.63) is 35.9 Å². The predicted molar refractivity (Wildman–Crippen MR) is 58.0 cm³/mol. The van der Waals surface area contributed by atoms with Gasteiger partial charge in [0, 0.05) is 11.5 Å². The maximum Gasteiger partial charge on any atom is 0.185 e. The van der Waals surface area contributed by atoms with Gasteiger partial charge < -0.3 is 9.47 Å². The van der Waals surface area contributed by atoms with Gasteiger partial charge in [-0.25, -0.2) is 0 Å². The van der Waals surface area contributed by atoms with E-state index in [0.717, 1.165) is 5.56 Å². The van der Waals surface area contributed by atoms with E-state index in [-0.39, 0.29) is 18.3 Å². The van der Waals surface area contributed by atoms with Crippen molar-refractivity contribution in [3.8, 4) is 12.3 Å². The molecular formula is C13H14O2. The second kappa shape index (κ2) is 4.48. The third-order valence-electron chi connectivity index (χ3n) is 2.53. The normalized spacial score (nSPS) is 30.8. The third-order valence-corrected chi connectivity index (χ3v) is 2.53. The molecule has 2 rings (SSSR count). The Morgan fingerprint density at radius 2 is 2.07 bits per heavy atom. The number of terminal acetylenes is 1. The Morgan fingerprint density at radius 1 is 1.33 bits per heavy atom. The zero-order chi connectivity index (χ0) is 10.7. The fourth-order valence-electron chi connectivity index (χ4n) is 1.62. The zero-order valence-corrected chi connectivity index (χ0v) is 8.72. The lowest BCUT2D eigenvalue weighted by atomic mass is 10.1. The molecule has 1 heterocycles. The Bertz CT molecular complexity index is 353. The number of hydrogen-bond donors (Lipinski definition) is 0. The summed E-state index contributed by atoms with van der Waals surface area (Å²) in [4.78, 5) is 0. The number of hydrogen-bond acceptors (Lipinski definition) is 2. The lowest BCUT2D eigenvalue weighted by Gasteiger charge is -2.32. The zero-order valence-electron chi connectivity index (χ0n) is 8.72. The van der Waals surface area contributed by atoms with Gasteiger partial charge >= 0.3 is 0 Å². The van der Waals surface area contributed by atoms with Gasteiger partial charge in [0.1, 0.15) is 6.10 Å². The Balaban J connectivity index is 2.10. The van der Waals surface area contributed by atoms with Crippen molar-refractivity contribution in [3.63, 3.8) is 0 Å². The summed E-state index contributed by atoms with van der Waals surface area (Å²) in [6.07, 6.45) is 4.94. The van der Waals surface area contributed by atoms with Crippen molar-refractivity contribution in [2.75, 3.05) is 6.61 Å². The molecule has 1 aromatic rings. The molecule has 0 bridgehead atoms. The van der Waals surface area contributed by atoms with E-state index in [1.165, 1.54) is 0 Å². The molecule has 2 heteroatoms. The molecule has 0 N–H and O–H groups in total. The highest BCUT2D eigenvalue weighted by atomic mass is 16.7. The number of benzene rings is 1. The lowest BCUT2D eigenvalue weighted by Crippen LogP contribution is -2.33. The summed E-state index contributed by atoms with van der Waals surface area (Å²) in [5.41, 5.74) is 1.02. The van der Waals surface area contributed by atoms with Gasteiger partial charge in [-0.15, -0.1) is 6.42 Å². The van der Waals surface area contributed by atoms with Gasteiger partial charge in [0.2, 0.25) is 0 Å². The van der Waals surface area contributed by atoms with Crippen LogP contribution in [0.3, 0.4) is 0 Å². The first-order chi connectivity index (χ1) is 7.31. The van der Waals surface area contributed by atoms with E-state index in [9.17, 15) is 0 Å². The summed E-state index contributed by atoms with van der Waals surface area (Å²) in [5.74, 6) is 2.91. The molecule has 1 fully saturated rings. The molecule has 1 saturated heterocycles. The maximum atomic E-state index is 5.68. The van der Waals surface area contributed by atoms with E-state index in [1.807, 2.05) is 37.3 Å². The summed E-state index contributed by atoms with van der Waals surface area (Å²) in [6.45, 7) is 2.68. The third kappa shape index (κ3) is 2.20. The van der Waals surface area contributed by atoms with Gasteiger partial charge in [-0.2, -0.15) is 0 Å². The van der Waals surface area contributed by atoms with Crippen LogP contribution in [0.25, 0.3) is 0 Å². The predicted octanol–water partition coefficient (Wildman–Crippen LogP) is 2.37. The standard InChI is InChI=1S/C13H14O2/c1-3-12-10(2)9-14-13(15-12)11-7-5-4-6-8-11/h1,4-8,10,12-13H,9H2,2H3/t10-,12+,13+/m1/s1. The monoisotopic (exact) mass is 202 g/mol. The van der Waals surface area contributed by atoms with Gasteiger partial charge in [-0.3, -0.25) is 0 Å². The number of ether oxygens (including phenoxy) is 2. The van der Waals surface area contributed by atoms with Gasteiger partial charge in [-0.1, -0.05) is 43.2 Å². The lowest BCUT2D eigenvalue weighted by molar-refractivity contribution is -0.222. The summed E-state index contributed by atoms with van der Waals surface area (Å²) >= 11 is 0. The van der Waals surface area contributed by atoms with Crippen LogP contribution in [0, 0.1) is 18.3 Å². The van der Waals surface area contributed by atoms with Crippen LogP contribution in [0.2, 0.25) is 0 Å². The van der Waals surface area contributed by atoms with Crippen LogP contribution in [0.5, 0.6) is 0 Å². The SMILES string of the molecule is C#C[C@@H]1O[C@@H](c2ccccc2)OC[C@H]1C. The van der Waals surface area contributed by atoms with Crippen molar-refractivity contribution in [1.82, 2.24) is 0 Å². The highest BCUT2D eigenvalue weighted by Gasteiger charge is 2.28. The van der Waals surface area contributed by atoms with Crippen LogP contribution in [0.4, 0.5) is 0 Å². The molecule has 15 heavy (non-hydrogen) atoms. The fourth-order valence-corrected chi connectivity index (χ4v) is 1.62. The molecule has 0 spiro atoms. The fraction of sp³-hybridized carbons (Fsp3) is 0.385. The smallest absolute Gasteiger partial charge is 0.185 e. The van der Waals surface area contributed by atoms with Crippen molar-refractivity contribution in [1.29, 1.82) is 0 Å². The minimum atomic E-state index is -0.316. The van der Waals surface area contributed by atoms with Crippen molar-refractivity contribution >= 4 is 0 Å². The summed E-state index contributed by atoms with van der Waals surface area (Å²) < 4.78 is 11.3. The van der Waals surface area contributed by atoms with Gasteiger partial charge in [-0.05, 0) is 0 Å². The summed E-state index contributed by atoms with van der Waals surface area (Å²) in [7, 11) is 0. The van der Waals surface area contributed by atoms with E-state index in [1.54, 1.807) is 0 Å². The largest absolute Gasteiger partial charge is 0.348 e. The number of rotatable bonds is 1. The van der Waals surface area contributed by atoms with Crippen LogP contribution in [-0.4, -0.2) is 12.7 Å². The summed E-state index contributed by atoms with van der Waals surface area (Å²) in [6, 6.07) is 9.85. The van der Waals surface area contributed by atoms with Crippen molar-refractivity contribution < 1.29 is 9.47 Å². The Labute approximate surface area is 90.2 Å². The van der Waals surface area contributed by atoms with Crippen LogP contribution in [-0.2, 0) is 9.47 Å². The minimum absolute atomic E-state index is 0.149. The second-order valence-electron chi connectivity index (χ2n) is 3.78. The molecule has 3 atom stereocenters. The van der Waals surface area contributed by atoms with E-state index in [2.05, 4.69) is 5.92 Å². The molecule has 78 valence electrons. The van der Waals surface area contributed by atoms with Gasteiger partial charge in [0.15, 0.2) is 6.29 Å². The molecule has 2 nitrogen and oxygen atoms in total. The first-order valence-corrected chi connectivity index (χ1v) is 5.09. The van der Waals surface area contributed by atoms with Crippen LogP contribution in [0.15, 0.2) is 30.3 Å². The molecule has 0 aromatic heterocycles. The minimum Gasteiger partial charge on any atom is -0.348 e. The van der Waals surface area contributed by atoms with Gasteiger partial charge in [0.25, 0.3) is 0 Å². The molecule has 0 unspecified atom stereocenters. The average Bonchev–Trinajstić information content (AvgIpc) is 2.31. The second-order valence-corrected chi connectivity index (χ2v) is 3.78. The van der Waals surface area contributed by atoms with Crippen LogP contribution < -0.4 is 0 Å². The average molecular weight is 202 g/mol. The topological polar surface area (TPSA) is 18.5 Å². The first-order valence-electron chi connectivity index (χ1n) is 5.09. The molecule has 0 radical (unpaired) electrons. The van der Waals surface area contributed by atoms with E-state index >= 15 is 0 Å². The van der Waals surface area contributed by atoms with Crippen LogP contribution >= 0.6 is 0 Å². The van der Waals surface area contributed by atoms with E-state index in [4.69, 9.17) is 15.9 Å². The Hall–Kier alpha value is -1.30. The molecule has 0 aliphatic carbocycles. The highest BCUT2D eigenvalue weighted by molar-refractivity contribution is 5.17. The van der Waals surface area contributed by atoms with Crippen LogP contribution in [0.1, 0.15) is 18.8 Å². The van der Waals surface area contributed by atoms with Crippen molar-refractivity contribution in [2.24, 2.45) is 5.92 Å². The van der Waals surface area contributed by atoms with E-state index < -0.39 is 0 Å². The van der Waals surface area contributed by atoms with Crippen molar-refractivity contribution in [2.45, 2.75) is 19.3 Å². The quantitative estimate of drug-likeness (QED) is 0.651. The first kappa shape index (κ1) is 10.2. The molecule has 1 aromatic carbocycles. The molecule has 0 amide bonds. The van der Waals surface area contributed by atoms with Gasteiger partial charge in [0.05, 0.1) is 6.61 Å². The Morgan fingerprint density at radius 3 is 2.73 bits per heavy atom. The van der Waals surface area contributed by atoms with E-state index in [0.29, 0.717) is 6.61 Å². The molecule has 1 aliphatic rings. The molecule has 0 saturated carbocycles. The maximum absolute atomic E-state index is 5.68. The molecular weight excluding hydrogens is 188 g/mol. The highest BCUT2D eigenvalue weighted by Crippen LogP contribution is 2.28. The Kier molecular flexibility index (Phi) is 3.05.